The van der Waals surface area contributed by atoms with Gasteiger partial charge in [0.05, 0.1) is 0 Å². The van der Waals surface area contributed by atoms with Gasteiger partial charge in [0, 0.05) is 0 Å². The molecule has 0 aromatic carbocycles. The van der Waals surface area contributed by atoms with Crippen molar-refractivity contribution in [3.05, 3.63) is 14.3 Å². The van der Waals surface area contributed by atoms with Gasteiger partial charge in [0.2, 0.25) is 10.8 Å². The molecule has 12 heavy (non-hydrogen) atoms. The normalized spacial score (nSPS) is 10.7. The number of nitrogens with one attached hydrogen (secondary N) is 1. The first-order valence-electron chi connectivity index (χ1n) is 2.92. The zero-order valence-electron chi connectivity index (χ0n) is 5.64. The van der Waals surface area contributed by atoms with Gasteiger partial charge in [-0.1, -0.05) is 11.3 Å². The number of fused-ring (bicyclic) bond motifs is 1. The second-order valence-electron chi connectivity index (χ2n) is 2.01. The van der Waals surface area contributed by atoms with Crippen molar-refractivity contribution in [1.82, 2.24) is 19.8 Å². The summed E-state index contributed by atoms with van der Waals surface area (Å²) in [7, 11) is 0. The Morgan fingerprint density at radius 3 is 3.08 bits per heavy atom. The van der Waals surface area contributed by atoms with E-state index in [1.165, 1.54) is 15.9 Å². The first-order valence-corrected chi connectivity index (χ1v) is 4.15. The maximum atomic E-state index is 11.2. The minimum atomic E-state index is -0.424. The smallest absolute Gasteiger partial charge is 0.316 e. The van der Waals surface area contributed by atoms with Gasteiger partial charge in [-0.15, -0.1) is 10.2 Å². The van der Waals surface area contributed by atoms with Crippen molar-refractivity contribution in [3.63, 3.8) is 0 Å². The summed E-state index contributed by atoms with van der Waals surface area (Å²) in [6.07, 6.45) is 0. The van der Waals surface area contributed by atoms with Crippen molar-refractivity contribution in [2.45, 2.75) is 0 Å². The van der Waals surface area contributed by atoms with Crippen molar-refractivity contribution in [2.75, 3.05) is 5.73 Å². The molecule has 0 aliphatic carbocycles. The van der Waals surface area contributed by atoms with Gasteiger partial charge < -0.3 is 5.73 Å². The molecule has 0 amide bonds. The van der Waals surface area contributed by atoms with Crippen molar-refractivity contribution < 1.29 is 0 Å². The predicted molar refractivity (Wildman–Crippen MR) is 46.7 cm³/mol. The van der Waals surface area contributed by atoms with Crippen LogP contribution in [0.1, 0.15) is 0 Å². The number of aromatic nitrogens is 4. The molecule has 6 nitrogen and oxygen atoms in total. The van der Waals surface area contributed by atoms with Crippen LogP contribution in [-0.2, 0) is 0 Å². The molecule has 0 fully saturated rings. The SMILES string of the molecule is Nc1nnc2sc(=S)[nH]n2c1=O. The Morgan fingerprint density at radius 2 is 2.33 bits per heavy atom. The first-order chi connectivity index (χ1) is 5.68. The average Bonchev–Trinajstić information content (AvgIpc) is 2.39. The summed E-state index contributed by atoms with van der Waals surface area (Å²) in [6.45, 7) is 0. The highest BCUT2D eigenvalue weighted by atomic mass is 32.1. The van der Waals surface area contributed by atoms with Crippen LogP contribution in [0.5, 0.6) is 0 Å². The number of hydrogen-bond donors (Lipinski definition) is 2. The van der Waals surface area contributed by atoms with Gasteiger partial charge in [0.15, 0.2) is 3.95 Å². The number of H-pyrrole nitrogens is 1. The maximum absolute atomic E-state index is 11.2. The van der Waals surface area contributed by atoms with Crippen LogP contribution in [0.4, 0.5) is 5.82 Å². The zero-order valence-corrected chi connectivity index (χ0v) is 7.28. The lowest BCUT2D eigenvalue weighted by Crippen LogP contribution is -2.20. The Labute approximate surface area is 74.7 Å². The lowest BCUT2D eigenvalue weighted by Gasteiger charge is -1.89. The standard InChI is InChI=1S/C4H3N5OS2/c5-1-2(10)9-3(7-6-1)12-4(11)8-9/h(H2,5,6)(H,8,11). The number of nitrogens with zero attached hydrogens (tertiary/aromatic N) is 3. The Morgan fingerprint density at radius 1 is 1.58 bits per heavy atom. The number of nitrogen functional groups attached to an aromatic ring is 1. The van der Waals surface area contributed by atoms with E-state index < -0.39 is 5.56 Å². The summed E-state index contributed by atoms with van der Waals surface area (Å²) >= 11 is 5.98. The van der Waals surface area contributed by atoms with Crippen molar-refractivity contribution in [1.29, 1.82) is 0 Å². The molecular formula is C4H3N5OS2. The van der Waals surface area contributed by atoms with E-state index in [1.54, 1.807) is 0 Å². The molecule has 0 aliphatic rings. The zero-order chi connectivity index (χ0) is 8.72. The lowest BCUT2D eigenvalue weighted by molar-refractivity contribution is 0.857. The molecule has 0 saturated heterocycles. The first kappa shape index (κ1) is 7.37. The third-order valence-corrected chi connectivity index (χ3v) is 2.31. The van der Waals surface area contributed by atoms with Crippen LogP contribution in [0.3, 0.4) is 0 Å². The molecular weight excluding hydrogens is 198 g/mol. The minimum Gasteiger partial charge on any atom is -0.378 e. The van der Waals surface area contributed by atoms with Gasteiger partial charge in [-0.05, 0) is 12.2 Å². The Bertz CT molecular complexity index is 536. The lowest BCUT2D eigenvalue weighted by atomic mass is 10.7. The van der Waals surface area contributed by atoms with Crippen LogP contribution in [0.25, 0.3) is 4.96 Å². The molecule has 0 radical (unpaired) electrons. The molecule has 2 rings (SSSR count). The number of rotatable bonds is 0. The van der Waals surface area contributed by atoms with Crippen LogP contribution in [0.2, 0.25) is 0 Å². The largest absolute Gasteiger partial charge is 0.378 e. The van der Waals surface area contributed by atoms with Gasteiger partial charge >= 0.3 is 5.56 Å². The van der Waals surface area contributed by atoms with E-state index in [4.69, 9.17) is 18.0 Å². The summed E-state index contributed by atoms with van der Waals surface area (Å²) in [4.78, 5) is 11.6. The fourth-order valence-corrected chi connectivity index (χ4v) is 1.67. The molecule has 2 heterocycles. The van der Waals surface area contributed by atoms with Crippen molar-refractivity contribution in [3.8, 4) is 0 Å². The molecule has 62 valence electrons. The van der Waals surface area contributed by atoms with Crippen LogP contribution in [0.15, 0.2) is 4.79 Å². The van der Waals surface area contributed by atoms with Gasteiger partial charge in [0.1, 0.15) is 0 Å². The van der Waals surface area contributed by atoms with E-state index in [-0.39, 0.29) is 5.82 Å². The molecule has 0 aliphatic heterocycles. The summed E-state index contributed by atoms with van der Waals surface area (Å²) in [6, 6.07) is 0. The van der Waals surface area contributed by atoms with Gasteiger partial charge in [-0.25, -0.2) is 0 Å². The second-order valence-corrected chi connectivity index (χ2v) is 3.65. The topological polar surface area (TPSA) is 89.1 Å². The van der Waals surface area contributed by atoms with E-state index in [0.717, 1.165) is 0 Å². The monoisotopic (exact) mass is 201 g/mol. The van der Waals surface area contributed by atoms with Crippen LogP contribution in [-0.4, -0.2) is 19.8 Å². The van der Waals surface area contributed by atoms with Crippen LogP contribution in [0, 0.1) is 3.95 Å². The minimum absolute atomic E-state index is 0.142. The molecule has 0 saturated carbocycles. The van der Waals surface area contributed by atoms with Gasteiger partial charge in [-0.3, -0.25) is 9.89 Å². The number of anilines is 1. The molecule has 0 spiro atoms. The summed E-state index contributed by atoms with van der Waals surface area (Å²) in [5, 5.41) is 9.75. The second kappa shape index (κ2) is 2.35. The Kier molecular flexibility index (Phi) is 1.45. The maximum Gasteiger partial charge on any atom is 0.316 e. The Balaban J connectivity index is 3.10. The van der Waals surface area contributed by atoms with Gasteiger partial charge in [-0.2, -0.15) is 4.52 Å². The number of hydrogen-bond acceptors (Lipinski definition) is 6. The fourth-order valence-electron chi connectivity index (χ4n) is 0.747. The highest BCUT2D eigenvalue weighted by Gasteiger charge is 2.03. The van der Waals surface area contributed by atoms with Gasteiger partial charge in [0.25, 0.3) is 0 Å². The number of nitrogens with two attached hydrogens (primary N) is 1. The van der Waals surface area contributed by atoms with Crippen LogP contribution >= 0.6 is 23.6 Å². The van der Waals surface area contributed by atoms with E-state index in [2.05, 4.69) is 15.3 Å². The summed E-state index contributed by atoms with van der Waals surface area (Å²) in [5.74, 6) is -0.142. The fraction of sp³-hybridized carbons (Fsp3) is 0. The summed E-state index contributed by atoms with van der Waals surface area (Å²) in [5.41, 5.74) is 4.82. The van der Waals surface area contributed by atoms with E-state index >= 15 is 0 Å². The molecule has 0 bridgehead atoms. The summed E-state index contributed by atoms with van der Waals surface area (Å²) < 4.78 is 1.64. The van der Waals surface area contributed by atoms with E-state index in [9.17, 15) is 4.79 Å². The predicted octanol–water partition coefficient (Wildman–Crippen LogP) is -0.209. The van der Waals surface area contributed by atoms with E-state index in [1.807, 2.05) is 0 Å². The van der Waals surface area contributed by atoms with Crippen molar-refractivity contribution in [2.24, 2.45) is 0 Å². The molecule has 3 N–H and O–H groups in total. The van der Waals surface area contributed by atoms with E-state index in [0.29, 0.717) is 8.92 Å². The molecule has 0 atom stereocenters. The van der Waals surface area contributed by atoms with Crippen molar-refractivity contribution >= 4 is 34.3 Å². The third-order valence-electron chi connectivity index (χ3n) is 1.24. The third kappa shape index (κ3) is 0.924. The highest BCUT2D eigenvalue weighted by molar-refractivity contribution is 7.73. The quantitative estimate of drug-likeness (QED) is 0.576. The molecule has 2 aromatic rings. The average molecular weight is 201 g/mol. The number of aromatic amines is 1. The molecule has 2 aromatic heterocycles. The molecule has 8 heteroatoms. The highest BCUT2D eigenvalue weighted by Crippen LogP contribution is 2.04. The Hall–Kier alpha value is -1.28. The van der Waals surface area contributed by atoms with Crippen LogP contribution < -0.4 is 11.3 Å². The molecule has 0 unspecified atom stereocenters.